The summed E-state index contributed by atoms with van der Waals surface area (Å²) in [5.74, 6) is 0.132. The predicted molar refractivity (Wildman–Crippen MR) is 105 cm³/mol. The minimum atomic E-state index is -1.25. The van der Waals surface area contributed by atoms with E-state index in [1.807, 2.05) is 48.5 Å². The van der Waals surface area contributed by atoms with Crippen LogP contribution in [0.4, 0.5) is 10.1 Å². The number of benzene rings is 2. The molecule has 0 radical (unpaired) electrons. The van der Waals surface area contributed by atoms with Gasteiger partial charge in [-0.2, -0.15) is 5.10 Å². The molecule has 4 aromatic rings. The summed E-state index contributed by atoms with van der Waals surface area (Å²) in [4.78, 5) is 4.19. The van der Waals surface area contributed by atoms with Crippen molar-refractivity contribution in [3.05, 3.63) is 84.4 Å². The lowest BCUT2D eigenvalue weighted by atomic mass is 10.1. The molecule has 0 saturated carbocycles. The van der Waals surface area contributed by atoms with Gasteiger partial charge in [0.1, 0.15) is 23.1 Å². The molecule has 0 saturated heterocycles. The van der Waals surface area contributed by atoms with Crippen LogP contribution in [0.15, 0.2) is 73.1 Å². The Kier molecular flexibility index (Phi) is 4.93. The second-order valence-corrected chi connectivity index (χ2v) is 7.35. The molecular weight excluding hydrogens is 363 g/mol. The third kappa shape index (κ3) is 4.03. The fourth-order valence-electron chi connectivity index (χ4n) is 2.86. The average molecular weight is 380 g/mol. The first-order valence-corrected chi connectivity index (χ1v) is 9.79. The fraction of sp³-hybridized carbons (Fsp3) is 0.100. The van der Waals surface area contributed by atoms with Crippen molar-refractivity contribution in [2.75, 3.05) is 10.5 Å². The lowest BCUT2D eigenvalue weighted by Gasteiger charge is -2.08. The largest absolute Gasteiger partial charge is 0.305 e. The van der Waals surface area contributed by atoms with Gasteiger partial charge in [0.25, 0.3) is 0 Å². The highest BCUT2D eigenvalue weighted by molar-refractivity contribution is 7.86. The zero-order valence-corrected chi connectivity index (χ0v) is 15.2. The van der Waals surface area contributed by atoms with Crippen LogP contribution in [0.5, 0.6) is 0 Å². The summed E-state index contributed by atoms with van der Waals surface area (Å²) in [7, 11) is -1.25. The first-order valence-electron chi connectivity index (χ1n) is 8.48. The van der Waals surface area contributed by atoms with Crippen LogP contribution in [-0.4, -0.2) is 24.6 Å². The molecule has 4 rings (SSSR count). The third-order valence-corrected chi connectivity index (χ3v) is 5.22. The summed E-state index contributed by atoms with van der Waals surface area (Å²) < 4.78 is 30.2. The van der Waals surface area contributed by atoms with Crippen molar-refractivity contribution in [3.63, 3.8) is 0 Å². The van der Waals surface area contributed by atoms with E-state index in [9.17, 15) is 8.60 Å². The molecule has 1 atom stereocenters. The topological polar surface area (TPSA) is 59.3 Å². The van der Waals surface area contributed by atoms with E-state index in [1.54, 1.807) is 10.6 Å². The van der Waals surface area contributed by atoms with Crippen molar-refractivity contribution < 1.29 is 8.60 Å². The summed E-state index contributed by atoms with van der Waals surface area (Å²) >= 11 is 0. The normalized spacial score (nSPS) is 12.2. The van der Waals surface area contributed by atoms with Crippen LogP contribution in [0.3, 0.4) is 0 Å². The fourth-order valence-corrected chi connectivity index (χ4v) is 3.78. The summed E-state index contributed by atoms with van der Waals surface area (Å²) in [5, 5.41) is 4.24. The molecule has 0 spiro atoms. The van der Waals surface area contributed by atoms with Gasteiger partial charge in [0.15, 0.2) is 5.65 Å². The number of rotatable bonds is 6. The molecular formula is C20H17FN4OS. The Morgan fingerprint density at radius 1 is 1.04 bits per heavy atom. The molecule has 5 nitrogen and oxygen atoms in total. The molecule has 2 aromatic carbocycles. The molecule has 0 fully saturated rings. The van der Waals surface area contributed by atoms with Crippen molar-refractivity contribution in [2.45, 2.75) is 6.42 Å². The van der Waals surface area contributed by atoms with E-state index in [4.69, 9.17) is 0 Å². The number of anilines is 1. The van der Waals surface area contributed by atoms with Gasteiger partial charge in [0, 0.05) is 17.0 Å². The standard InChI is InChI=1S/C20H17FN4OS/c21-17-4-1-3-15(13-17)11-12-27(26)24-18-9-7-16(8-10-18)19-5-2-6-20-22-14-23-25(19)20/h1-10,13-14,24H,11-12H2. The lowest BCUT2D eigenvalue weighted by molar-refractivity contribution is 0.625. The van der Waals surface area contributed by atoms with Crippen molar-refractivity contribution in [1.29, 1.82) is 0 Å². The van der Waals surface area contributed by atoms with Gasteiger partial charge in [-0.05, 0) is 48.4 Å². The molecule has 2 aromatic heterocycles. The van der Waals surface area contributed by atoms with Gasteiger partial charge >= 0.3 is 0 Å². The monoisotopic (exact) mass is 380 g/mol. The summed E-state index contributed by atoms with van der Waals surface area (Å²) in [6.07, 6.45) is 2.07. The zero-order chi connectivity index (χ0) is 18.6. The predicted octanol–water partition coefficient (Wildman–Crippen LogP) is 3.85. The Labute approximate surface area is 158 Å². The minimum absolute atomic E-state index is 0.274. The Morgan fingerprint density at radius 3 is 2.67 bits per heavy atom. The second-order valence-electron chi connectivity index (χ2n) is 6.05. The van der Waals surface area contributed by atoms with E-state index < -0.39 is 11.0 Å². The Balaban J connectivity index is 1.42. The maximum atomic E-state index is 13.2. The van der Waals surface area contributed by atoms with Gasteiger partial charge < -0.3 is 4.72 Å². The molecule has 7 heteroatoms. The van der Waals surface area contributed by atoms with E-state index in [0.717, 1.165) is 28.2 Å². The number of nitrogens with zero attached hydrogens (tertiary/aromatic N) is 3. The number of nitrogens with one attached hydrogen (secondary N) is 1. The van der Waals surface area contributed by atoms with Gasteiger partial charge in [0.2, 0.25) is 0 Å². The zero-order valence-electron chi connectivity index (χ0n) is 14.4. The van der Waals surface area contributed by atoms with Crippen LogP contribution in [0, 0.1) is 5.82 Å². The quantitative estimate of drug-likeness (QED) is 0.553. The van der Waals surface area contributed by atoms with E-state index in [-0.39, 0.29) is 5.82 Å². The van der Waals surface area contributed by atoms with Gasteiger partial charge in [-0.1, -0.05) is 30.3 Å². The first kappa shape index (κ1) is 17.4. The highest BCUT2D eigenvalue weighted by Crippen LogP contribution is 2.22. The molecule has 1 unspecified atom stereocenters. The van der Waals surface area contributed by atoms with Crippen LogP contribution in [0.2, 0.25) is 0 Å². The number of hydrogen-bond acceptors (Lipinski definition) is 3. The van der Waals surface area contributed by atoms with E-state index in [1.165, 1.54) is 18.5 Å². The van der Waals surface area contributed by atoms with Crippen molar-refractivity contribution in [1.82, 2.24) is 14.6 Å². The van der Waals surface area contributed by atoms with E-state index >= 15 is 0 Å². The van der Waals surface area contributed by atoms with Crippen LogP contribution >= 0.6 is 0 Å². The van der Waals surface area contributed by atoms with Gasteiger partial charge in [-0.3, -0.25) is 0 Å². The number of pyridine rings is 1. The van der Waals surface area contributed by atoms with E-state index in [0.29, 0.717) is 12.2 Å². The molecule has 0 aliphatic rings. The smallest absolute Gasteiger partial charge is 0.155 e. The number of aromatic nitrogens is 3. The Morgan fingerprint density at radius 2 is 1.85 bits per heavy atom. The van der Waals surface area contributed by atoms with Gasteiger partial charge in [-0.25, -0.2) is 18.1 Å². The van der Waals surface area contributed by atoms with Crippen LogP contribution < -0.4 is 4.72 Å². The molecule has 27 heavy (non-hydrogen) atoms. The van der Waals surface area contributed by atoms with Gasteiger partial charge in [-0.15, -0.1) is 0 Å². The molecule has 0 bridgehead atoms. The second kappa shape index (κ2) is 7.67. The number of fused-ring (bicyclic) bond motifs is 1. The van der Waals surface area contributed by atoms with E-state index in [2.05, 4.69) is 14.8 Å². The van der Waals surface area contributed by atoms with Gasteiger partial charge in [0.05, 0.1) is 5.69 Å². The molecule has 2 heterocycles. The van der Waals surface area contributed by atoms with Crippen molar-refractivity contribution in [2.24, 2.45) is 0 Å². The molecule has 0 aliphatic heterocycles. The first-order chi connectivity index (χ1) is 13.2. The summed E-state index contributed by atoms with van der Waals surface area (Å²) in [5.41, 5.74) is 4.31. The van der Waals surface area contributed by atoms with Crippen molar-refractivity contribution in [3.8, 4) is 11.3 Å². The highest BCUT2D eigenvalue weighted by Gasteiger charge is 2.06. The minimum Gasteiger partial charge on any atom is -0.305 e. The SMILES string of the molecule is O=S(CCc1cccc(F)c1)Nc1ccc(-c2cccc3ncnn23)cc1. The molecule has 0 aliphatic carbocycles. The summed E-state index contributed by atoms with van der Waals surface area (Å²) in [6, 6.07) is 19.8. The number of hydrogen-bond donors (Lipinski definition) is 1. The molecule has 1 N–H and O–H groups in total. The maximum absolute atomic E-state index is 13.2. The average Bonchev–Trinajstić information content (AvgIpc) is 3.16. The lowest BCUT2D eigenvalue weighted by Crippen LogP contribution is -2.10. The Hall–Kier alpha value is -3.06. The van der Waals surface area contributed by atoms with Crippen LogP contribution in [0.25, 0.3) is 16.9 Å². The number of halogens is 1. The van der Waals surface area contributed by atoms with Crippen molar-refractivity contribution >= 4 is 22.3 Å². The van der Waals surface area contributed by atoms with Crippen LogP contribution in [-0.2, 0) is 17.4 Å². The van der Waals surface area contributed by atoms with Crippen LogP contribution in [0.1, 0.15) is 5.56 Å². The highest BCUT2D eigenvalue weighted by atomic mass is 32.2. The Bertz CT molecular complexity index is 1090. The number of aryl methyl sites for hydroxylation is 1. The maximum Gasteiger partial charge on any atom is 0.155 e. The third-order valence-electron chi connectivity index (χ3n) is 4.18. The molecule has 136 valence electrons. The molecule has 0 amide bonds. The summed E-state index contributed by atoms with van der Waals surface area (Å²) in [6.45, 7) is 0.